The van der Waals surface area contributed by atoms with Crippen LogP contribution in [-0.2, 0) is 0 Å². The minimum Gasteiger partial charge on any atom is -0.478 e. The van der Waals surface area contributed by atoms with E-state index in [2.05, 4.69) is 15.6 Å². The molecule has 0 spiro atoms. The molecule has 104 valence electrons. The topological polar surface area (TPSA) is 74.2 Å². The van der Waals surface area contributed by atoms with Gasteiger partial charge in [0.05, 0.1) is 5.56 Å². The van der Waals surface area contributed by atoms with Crippen molar-refractivity contribution in [3.05, 3.63) is 36.0 Å². The van der Waals surface area contributed by atoms with Crippen molar-refractivity contribution in [2.75, 3.05) is 18.4 Å². The Kier molecular flexibility index (Phi) is 3.52. The van der Waals surface area contributed by atoms with Crippen molar-refractivity contribution in [2.24, 2.45) is 0 Å². The smallest absolute Gasteiger partial charge is 0.337 e. The number of aromatic nitrogens is 1. The summed E-state index contributed by atoms with van der Waals surface area (Å²) < 4.78 is 0. The van der Waals surface area contributed by atoms with E-state index in [1.165, 1.54) is 6.20 Å². The summed E-state index contributed by atoms with van der Waals surface area (Å²) in [6, 6.07) is 7.89. The lowest BCUT2D eigenvalue weighted by molar-refractivity contribution is 0.0698. The first kappa shape index (κ1) is 12.9. The van der Waals surface area contributed by atoms with Gasteiger partial charge in [0.2, 0.25) is 0 Å². The van der Waals surface area contributed by atoms with Crippen LogP contribution in [-0.4, -0.2) is 35.2 Å². The minimum atomic E-state index is -0.942. The number of nitrogens with one attached hydrogen (secondary N) is 2. The van der Waals surface area contributed by atoms with Crippen molar-refractivity contribution in [2.45, 2.75) is 18.9 Å². The van der Waals surface area contributed by atoms with Crippen LogP contribution < -0.4 is 10.6 Å². The first-order valence-electron chi connectivity index (χ1n) is 6.84. The lowest BCUT2D eigenvalue weighted by Gasteiger charge is -2.24. The van der Waals surface area contributed by atoms with Crippen molar-refractivity contribution in [3.8, 4) is 0 Å². The number of piperidine rings is 1. The number of pyridine rings is 1. The Morgan fingerprint density at radius 2 is 1.95 bits per heavy atom. The van der Waals surface area contributed by atoms with Crippen LogP contribution >= 0.6 is 0 Å². The molecule has 2 aromatic rings. The lowest BCUT2D eigenvalue weighted by atomic mass is 10.0. The fraction of sp³-hybridized carbons (Fsp3) is 0.333. The van der Waals surface area contributed by atoms with Gasteiger partial charge < -0.3 is 15.7 Å². The van der Waals surface area contributed by atoms with Gasteiger partial charge in [-0.15, -0.1) is 0 Å². The van der Waals surface area contributed by atoms with Gasteiger partial charge in [0.15, 0.2) is 0 Å². The average Bonchev–Trinajstić information content (AvgIpc) is 2.48. The second kappa shape index (κ2) is 5.46. The SMILES string of the molecule is O=C(O)c1cnc(NC2CCNCC2)c2ccccc12. The predicted molar refractivity (Wildman–Crippen MR) is 78.2 cm³/mol. The average molecular weight is 271 g/mol. The van der Waals surface area contributed by atoms with Gasteiger partial charge in [-0.05, 0) is 25.9 Å². The normalized spacial score (nSPS) is 16.2. The fourth-order valence-corrected chi connectivity index (χ4v) is 2.64. The van der Waals surface area contributed by atoms with E-state index < -0.39 is 5.97 Å². The molecule has 1 aliphatic heterocycles. The van der Waals surface area contributed by atoms with Crippen molar-refractivity contribution < 1.29 is 9.90 Å². The molecule has 3 rings (SSSR count). The van der Waals surface area contributed by atoms with Gasteiger partial charge in [-0.25, -0.2) is 9.78 Å². The maximum absolute atomic E-state index is 11.2. The third kappa shape index (κ3) is 2.44. The molecule has 5 heteroatoms. The fourth-order valence-electron chi connectivity index (χ4n) is 2.64. The van der Waals surface area contributed by atoms with E-state index in [1.54, 1.807) is 0 Å². The number of fused-ring (bicyclic) bond motifs is 1. The third-order valence-electron chi connectivity index (χ3n) is 3.71. The number of anilines is 1. The number of rotatable bonds is 3. The van der Waals surface area contributed by atoms with E-state index >= 15 is 0 Å². The number of carboxylic acids is 1. The first-order valence-corrected chi connectivity index (χ1v) is 6.84. The molecule has 0 radical (unpaired) electrons. The number of aromatic carboxylic acids is 1. The molecule has 1 fully saturated rings. The molecule has 0 saturated carbocycles. The second-order valence-corrected chi connectivity index (χ2v) is 5.04. The van der Waals surface area contributed by atoms with Gasteiger partial charge in [0, 0.05) is 23.0 Å². The molecular formula is C15H17N3O2. The molecule has 3 N–H and O–H groups in total. The quantitative estimate of drug-likeness (QED) is 0.797. The summed E-state index contributed by atoms with van der Waals surface area (Å²) in [4.78, 5) is 15.6. The Labute approximate surface area is 117 Å². The monoisotopic (exact) mass is 271 g/mol. The van der Waals surface area contributed by atoms with E-state index in [0.29, 0.717) is 6.04 Å². The highest BCUT2D eigenvalue weighted by molar-refractivity contribution is 6.06. The van der Waals surface area contributed by atoms with E-state index in [4.69, 9.17) is 0 Å². The van der Waals surface area contributed by atoms with E-state index in [9.17, 15) is 9.90 Å². The van der Waals surface area contributed by atoms with Crippen LogP contribution in [0.15, 0.2) is 30.5 Å². The number of carbonyl (C=O) groups is 1. The van der Waals surface area contributed by atoms with Crippen LogP contribution in [0.3, 0.4) is 0 Å². The summed E-state index contributed by atoms with van der Waals surface area (Å²) >= 11 is 0. The van der Waals surface area contributed by atoms with Crippen molar-refractivity contribution >= 4 is 22.6 Å². The number of benzene rings is 1. The first-order chi connectivity index (χ1) is 9.75. The van der Waals surface area contributed by atoms with E-state index in [0.717, 1.165) is 42.5 Å². The molecule has 2 heterocycles. The number of carboxylic acid groups (broad SMARTS) is 1. The Morgan fingerprint density at radius 3 is 2.65 bits per heavy atom. The molecule has 0 bridgehead atoms. The van der Waals surface area contributed by atoms with Crippen LogP contribution in [0, 0.1) is 0 Å². The molecule has 0 atom stereocenters. The van der Waals surface area contributed by atoms with Gasteiger partial charge in [-0.1, -0.05) is 24.3 Å². The molecule has 0 aliphatic carbocycles. The highest BCUT2D eigenvalue weighted by Crippen LogP contribution is 2.25. The van der Waals surface area contributed by atoms with Gasteiger partial charge in [0.25, 0.3) is 0 Å². The zero-order chi connectivity index (χ0) is 13.9. The van der Waals surface area contributed by atoms with Crippen LogP contribution in [0.2, 0.25) is 0 Å². The van der Waals surface area contributed by atoms with E-state index in [-0.39, 0.29) is 5.56 Å². The highest BCUT2D eigenvalue weighted by Gasteiger charge is 2.16. The predicted octanol–water partition coefficient (Wildman–Crippen LogP) is 2.10. The second-order valence-electron chi connectivity index (χ2n) is 5.04. The van der Waals surface area contributed by atoms with Crippen molar-refractivity contribution in [1.82, 2.24) is 10.3 Å². The Hall–Kier alpha value is -2.14. The number of hydrogen-bond acceptors (Lipinski definition) is 4. The lowest BCUT2D eigenvalue weighted by Crippen LogP contribution is -2.35. The standard InChI is InChI=1S/C15H17N3O2/c19-15(20)13-9-17-14(12-4-2-1-3-11(12)13)18-10-5-7-16-8-6-10/h1-4,9-10,16H,5-8H2,(H,17,18)(H,19,20). The number of hydrogen-bond donors (Lipinski definition) is 3. The molecule has 20 heavy (non-hydrogen) atoms. The number of nitrogens with zero attached hydrogens (tertiary/aromatic N) is 1. The summed E-state index contributed by atoms with van der Waals surface area (Å²) in [6.07, 6.45) is 3.54. The zero-order valence-electron chi connectivity index (χ0n) is 11.1. The molecule has 5 nitrogen and oxygen atoms in total. The van der Waals surface area contributed by atoms with Gasteiger partial charge in [0.1, 0.15) is 5.82 Å². The highest BCUT2D eigenvalue weighted by atomic mass is 16.4. The zero-order valence-corrected chi connectivity index (χ0v) is 11.1. The van der Waals surface area contributed by atoms with Crippen LogP contribution in [0.4, 0.5) is 5.82 Å². The van der Waals surface area contributed by atoms with Crippen molar-refractivity contribution in [1.29, 1.82) is 0 Å². The van der Waals surface area contributed by atoms with Gasteiger partial charge >= 0.3 is 5.97 Å². The summed E-state index contributed by atoms with van der Waals surface area (Å²) in [6.45, 7) is 2.01. The maximum atomic E-state index is 11.2. The largest absolute Gasteiger partial charge is 0.478 e. The molecular weight excluding hydrogens is 254 g/mol. The van der Waals surface area contributed by atoms with Crippen LogP contribution in [0.1, 0.15) is 23.2 Å². The Balaban J connectivity index is 1.99. The van der Waals surface area contributed by atoms with Crippen molar-refractivity contribution in [3.63, 3.8) is 0 Å². The Bertz CT molecular complexity index is 636. The summed E-state index contributed by atoms with van der Waals surface area (Å²) in [5.74, 6) is -0.167. The molecule has 1 saturated heterocycles. The maximum Gasteiger partial charge on any atom is 0.337 e. The summed E-state index contributed by atoms with van der Waals surface area (Å²) in [5.41, 5.74) is 0.247. The van der Waals surface area contributed by atoms with Crippen LogP contribution in [0.25, 0.3) is 10.8 Å². The molecule has 1 aromatic carbocycles. The van der Waals surface area contributed by atoms with Gasteiger partial charge in [-0.2, -0.15) is 0 Å². The van der Waals surface area contributed by atoms with E-state index in [1.807, 2.05) is 24.3 Å². The Morgan fingerprint density at radius 1 is 1.25 bits per heavy atom. The molecule has 1 aromatic heterocycles. The summed E-state index contributed by atoms with van der Waals surface area (Å²) in [7, 11) is 0. The third-order valence-corrected chi connectivity index (χ3v) is 3.71. The van der Waals surface area contributed by atoms with Crippen LogP contribution in [0.5, 0.6) is 0 Å². The van der Waals surface area contributed by atoms with Gasteiger partial charge in [-0.3, -0.25) is 0 Å². The minimum absolute atomic E-state index is 0.247. The summed E-state index contributed by atoms with van der Waals surface area (Å²) in [5, 5.41) is 17.6. The molecule has 1 aliphatic rings. The molecule has 0 unspecified atom stereocenters. The molecule has 0 amide bonds.